The third-order valence-corrected chi connectivity index (χ3v) is 4.43. The fourth-order valence-electron chi connectivity index (χ4n) is 2.65. The molecule has 0 amide bonds. The molecule has 0 spiro atoms. The largest absolute Gasteiger partial charge is 0.462 e. The molecule has 132 valence electrons. The maximum Gasteiger partial charge on any atom is 0.339 e. The zero-order valence-corrected chi connectivity index (χ0v) is 15.5. The number of hydrogen-bond acceptors (Lipinski definition) is 4. The topological polar surface area (TPSA) is 53.6 Å². The summed E-state index contributed by atoms with van der Waals surface area (Å²) in [5.41, 5.74) is 1.04. The number of nitrogens with one attached hydrogen (secondary N) is 2. The molecule has 0 radical (unpaired) electrons. The minimum absolute atomic E-state index is 0.309. The van der Waals surface area contributed by atoms with Gasteiger partial charge in [0.05, 0.1) is 17.2 Å². The molecule has 7 heteroatoms. The van der Waals surface area contributed by atoms with Gasteiger partial charge in [0.2, 0.25) is 0 Å². The minimum atomic E-state index is -0.435. The lowest BCUT2D eigenvalue weighted by Crippen LogP contribution is -2.31. The Hall–Kier alpha value is -1.37. The van der Waals surface area contributed by atoms with Crippen molar-refractivity contribution < 1.29 is 9.53 Å². The van der Waals surface area contributed by atoms with Crippen LogP contribution in [0.5, 0.6) is 0 Å². The van der Waals surface area contributed by atoms with E-state index in [-0.39, 0.29) is 0 Å². The molecule has 0 bridgehead atoms. The van der Waals surface area contributed by atoms with Gasteiger partial charge in [-0.15, -0.1) is 0 Å². The maximum absolute atomic E-state index is 11.9. The zero-order chi connectivity index (χ0) is 17.4. The molecule has 2 rings (SSSR count). The van der Waals surface area contributed by atoms with E-state index in [1.807, 2.05) is 0 Å². The molecule has 0 unspecified atom stereocenters. The van der Waals surface area contributed by atoms with Gasteiger partial charge in [-0.25, -0.2) is 4.79 Å². The van der Waals surface area contributed by atoms with Crippen molar-refractivity contribution in [2.24, 2.45) is 0 Å². The minimum Gasteiger partial charge on any atom is -0.462 e. The Bertz CT molecular complexity index is 577. The van der Waals surface area contributed by atoms with Gasteiger partial charge in [0.1, 0.15) is 0 Å². The van der Waals surface area contributed by atoms with Crippen LogP contribution in [0.1, 0.15) is 36.5 Å². The second kappa shape index (κ2) is 9.81. The molecule has 0 atom stereocenters. The van der Waals surface area contributed by atoms with Crippen LogP contribution in [0.25, 0.3) is 0 Å². The number of halogens is 1. The summed E-state index contributed by atoms with van der Waals surface area (Å²) in [4.78, 5) is 14.3. The summed E-state index contributed by atoms with van der Waals surface area (Å²) in [5, 5.41) is 7.16. The van der Waals surface area contributed by atoms with Crippen LogP contribution >= 0.6 is 23.8 Å². The first-order chi connectivity index (χ1) is 11.6. The SMILES string of the molecule is CCOC(=O)c1cc(NC(=S)NCCCN2CCCC2)ccc1Cl. The van der Waals surface area contributed by atoms with Crippen LogP contribution in [0.3, 0.4) is 0 Å². The second-order valence-electron chi connectivity index (χ2n) is 5.70. The molecule has 0 saturated carbocycles. The Balaban J connectivity index is 1.78. The Labute approximate surface area is 153 Å². The van der Waals surface area contributed by atoms with E-state index in [0.717, 1.165) is 19.5 Å². The lowest BCUT2D eigenvalue weighted by molar-refractivity contribution is 0.0526. The van der Waals surface area contributed by atoms with Gasteiger partial charge < -0.3 is 20.3 Å². The number of likely N-dealkylation sites (tertiary alicyclic amines) is 1. The average molecular weight is 370 g/mol. The number of nitrogens with zero attached hydrogens (tertiary/aromatic N) is 1. The number of carbonyl (C=O) groups excluding carboxylic acids is 1. The number of benzene rings is 1. The highest BCUT2D eigenvalue weighted by Gasteiger charge is 2.13. The molecule has 1 heterocycles. The fourth-order valence-corrected chi connectivity index (χ4v) is 3.07. The van der Waals surface area contributed by atoms with Gasteiger partial charge >= 0.3 is 5.97 Å². The first-order valence-electron chi connectivity index (χ1n) is 8.34. The molecule has 2 N–H and O–H groups in total. The number of hydrogen-bond donors (Lipinski definition) is 2. The third kappa shape index (κ3) is 5.92. The molecule has 1 saturated heterocycles. The van der Waals surface area contributed by atoms with Crippen molar-refractivity contribution in [2.45, 2.75) is 26.2 Å². The smallest absolute Gasteiger partial charge is 0.339 e. The number of ether oxygens (including phenoxy) is 1. The number of rotatable bonds is 7. The number of carbonyl (C=O) groups is 1. The van der Waals surface area contributed by atoms with Crippen molar-refractivity contribution in [3.05, 3.63) is 28.8 Å². The van der Waals surface area contributed by atoms with Crippen LogP contribution < -0.4 is 10.6 Å². The van der Waals surface area contributed by atoms with Crippen molar-refractivity contribution in [1.82, 2.24) is 10.2 Å². The van der Waals surface area contributed by atoms with Gasteiger partial charge in [-0.3, -0.25) is 0 Å². The number of esters is 1. The lowest BCUT2D eigenvalue weighted by Gasteiger charge is -2.15. The van der Waals surface area contributed by atoms with Crippen molar-refractivity contribution in [3.8, 4) is 0 Å². The van der Waals surface area contributed by atoms with E-state index in [2.05, 4.69) is 15.5 Å². The number of thiocarbonyl (C=S) groups is 1. The van der Waals surface area contributed by atoms with Crippen molar-refractivity contribution >= 4 is 40.6 Å². The van der Waals surface area contributed by atoms with Gasteiger partial charge in [0, 0.05) is 12.2 Å². The molecule has 1 aromatic carbocycles. The van der Waals surface area contributed by atoms with E-state index in [1.54, 1.807) is 25.1 Å². The quantitative estimate of drug-likeness (QED) is 0.437. The van der Waals surface area contributed by atoms with Gasteiger partial charge in [0.25, 0.3) is 0 Å². The third-order valence-electron chi connectivity index (χ3n) is 3.85. The summed E-state index contributed by atoms with van der Waals surface area (Å²) >= 11 is 11.3. The summed E-state index contributed by atoms with van der Waals surface area (Å²) < 4.78 is 4.99. The molecule has 5 nitrogen and oxygen atoms in total. The molecule has 1 aromatic rings. The number of anilines is 1. The Kier molecular flexibility index (Phi) is 7.75. The molecule has 24 heavy (non-hydrogen) atoms. The van der Waals surface area contributed by atoms with E-state index >= 15 is 0 Å². The van der Waals surface area contributed by atoms with E-state index in [0.29, 0.717) is 28.0 Å². The summed E-state index contributed by atoms with van der Waals surface area (Å²) in [6.07, 6.45) is 3.68. The standard InChI is InChI=1S/C17H24ClN3O2S/c1-2-23-16(22)14-12-13(6-7-15(14)18)20-17(24)19-8-5-11-21-9-3-4-10-21/h6-7,12H,2-5,8-11H2,1H3,(H2,19,20,24). The Morgan fingerprint density at radius 2 is 2.12 bits per heavy atom. The predicted octanol–water partition coefficient (Wildman–Crippen LogP) is 3.29. The highest BCUT2D eigenvalue weighted by atomic mass is 35.5. The normalized spacial score (nSPS) is 14.4. The summed E-state index contributed by atoms with van der Waals surface area (Å²) in [5.74, 6) is -0.435. The van der Waals surface area contributed by atoms with Crippen molar-refractivity contribution in [2.75, 3.05) is 38.1 Å². The van der Waals surface area contributed by atoms with Gasteiger partial charge in [-0.05, 0) is 76.2 Å². The van der Waals surface area contributed by atoms with Crippen LogP contribution in [0.4, 0.5) is 5.69 Å². The van der Waals surface area contributed by atoms with E-state index in [9.17, 15) is 4.79 Å². The van der Waals surface area contributed by atoms with E-state index in [4.69, 9.17) is 28.6 Å². The van der Waals surface area contributed by atoms with E-state index in [1.165, 1.54) is 25.9 Å². The summed E-state index contributed by atoms with van der Waals surface area (Å²) in [7, 11) is 0. The zero-order valence-electron chi connectivity index (χ0n) is 13.9. The molecule has 1 aliphatic rings. The lowest BCUT2D eigenvalue weighted by atomic mass is 10.2. The van der Waals surface area contributed by atoms with Gasteiger partial charge in [-0.2, -0.15) is 0 Å². The van der Waals surface area contributed by atoms with Crippen LogP contribution in [-0.4, -0.2) is 48.8 Å². The Morgan fingerprint density at radius 3 is 2.83 bits per heavy atom. The molecule has 1 aliphatic heterocycles. The first-order valence-corrected chi connectivity index (χ1v) is 9.12. The predicted molar refractivity (Wildman–Crippen MR) is 102 cm³/mol. The van der Waals surface area contributed by atoms with Crippen LogP contribution in [-0.2, 0) is 4.74 Å². The van der Waals surface area contributed by atoms with Gasteiger partial charge in [0.15, 0.2) is 5.11 Å². The van der Waals surface area contributed by atoms with Crippen LogP contribution in [0.2, 0.25) is 5.02 Å². The summed E-state index contributed by atoms with van der Waals surface area (Å²) in [6, 6.07) is 5.09. The molecular weight excluding hydrogens is 346 g/mol. The fraction of sp³-hybridized carbons (Fsp3) is 0.529. The average Bonchev–Trinajstić information content (AvgIpc) is 3.07. The van der Waals surface area contributed by atoms with Crippen LogP contribution in [0, 0.1) is 0 Å². The Morgan fingerprint density at radius 1 is 1.38 bits per heavy atom. The maximum atomic E-state index is 11.9. The molecule has 0 aromatic heterocycles. The monoisotopic (exact) mass is 369 g/mol. The van der Waals surface area contributed by atoms with E-state index < -0.39 is 5.97 Å². The highest BCUT2D eigenvalue weighted by molar-refractivity contribution is 7.80. The molecule has 1 fully saturated rings. The van der Waals surface area contributed by atoms with Crippen molar-refractivity contribution in [3.63, 3.8) is 0 Å². The van der Waals surface area contributed by atoms with Gasteiger partial charge in [-0.1, -0.05) is 11.6 Å². The summed E-state index contributed by atoms with van der Waals surface area (Å²) in [6.45, 7) is 6.41. The van der Waals surface area contributed by atoms with Crippen molar-refractivity contribution in [1.29, 1.82) is 0 Å². The first kappa shape index (κ1) is 19.0. The molecular formula is C17H24ClN3O2S. The molecule has 0 aliphatic carbocycles. The highest BCUT2D eigenvalue weighted by Crippen LogP contribution is 2.21. The second-order valence-corrected chi connectivity index (χ2v) is 6.51. The van der Waals surface area contributed by atoms with Crippen LogP contribution in [0.15, 0.2) is 18.2 Å².